The fraction of sp³-hybridized carbons (Fsp3) is 0.364. The molecule has 158 valence electrons. The van der Waals surface area contributed by atoms with E-state index in [0.717, 1.165) is 48.8 Å². The highest BCUT2D eigenvalue weighted by atomic mass is 32.2. The highest BCUT2D eigenvalue weighted by Crippen LogP contribution is 2.27. The van der Waals surface area contributed by atoms with Crippen LogP contribution in [0, 0.1) is 11.3 Å². The molecule has 0 aromatic heterocycles. The van der Waals surface area contributed by atoms with E-state index in [2.05, 4.69) is 16.7 Å². The van der Waals surface area contributed by atoms with Crippen LogP contribution < -0.4 is 16.4 Å². The van der Waals surface area contributed by atoms with Crippen molar-refractivity contribution in [2.24, 2.45) is 0 Å². The molecule has 4 N–H and O–H groups in total. The highest BCUT2D eigenvalue weighted by Gasteiger charge is 2.23. The number of nitriles is 1. The lowest BCUT2D eigenvalue weighted by Crippen LogP contribution is -2.49. The third-order valence-electron chi connectivity index (χ3n) is 5.24. The number of carbonyl (C=O) groups is 1. The summed E-state index contributed by atoms with van der Waals surface area (Å²) in [4.78, 5) is 12.5. The molecular formula is C22H26N4O3S. The van der Waals surface area contributed by atoms with Gasteiger partial charge in [-0.15, -0.1) is 0 Å². The molecule has 1 fully saturated rings. The van der Waals surface area contributed by atoms with Crippen LogP contribution in [0.25, 0.3) is 11.1 Å². The molecule has 30 heavy (non-hydrogen) atoms. The van der Waals surface area contributed by atoms with Crippen molar-refractivity contribution in [2.75, 3.05) is 18.5 Å². The SMILES string of the molecule is CS(=O)(=O)c1cc(-c2ccc(C[C@@H](C#N)NC(=O)[C@@H]3CCCCN3)cc2)ccc1N. The fourth-order valence-corrected chi connectivity index (χ4v) is 4.42. The van der Waals surface area contributed by atoms with Gasteiger partial charge in [0.2, 0.25) is 5.91 Å². The summed E-state index contributed by atoms with van der Waals surface area (Å²) >= 11 is 0. The summed E-state index contributed by atoms with van der Waals surface area (Å²) in [6.07, 6.45) is 4.39. The lowest BCUT2D eigenvalue weighted by atomic mass is 10.00. The summed E-state index contributed by atoms with van der Waals surface area (Å²) in [5.74, 6) is -0.131. The lowest BCUT2D eigenvalue weighted by molar-refractivity contribution is -0.124. The van der Waals surface area contributed by atoms with Gasteiger partial charge in [0.25, 0.3) is 0 Å². The van der Waals surface area contributed by atoms with Gasteiger partial charge in [0.1, 0.15) is 6.04 Å². The first-order chi connectivity index (χ1) is 14.3. The molecule has 0 unspecified atom stereocenters. The first-order valence-corrected chi connectivity index (χ1v) is 11.8. The molecular weight excluding hydrogens is 400 g/mol. The Morgan fingerprint density at radius 3 is 2.53 bits per heavy atom. The summed E-state index contributed by atoms with van der Waals surface area (Å²) in [6, 6.07) is 13.7. The molecule has 2 aromatic rings. The molecule has 0 saturated carbocycles. The highest BCUT2D eigenvalue weighted by molar-refractivity contribution is 7.90. The Hall–Kier alpha value is -2.89. The minimum absolute atomic E-state index is 0.104. The Bertz CT molecular complexity index is 1050. The van der Waals surface area contributed by atoms with Gasteiger partial charge in [0.05, 0.1) is 22.7 Å². The van der Waals surface area contributed by atoms with E-state index in [4.69, 9.17) is 5.73 Å². The normalized spacial score (nSPS) is 17.7. The quantitative estimate of drug-likeness (QED) is 0.607. The summed E-state index contributed by atoms with van der Waals surface area (Å²) in [5.41, 5.74) is 8.50. The molecule has 1 saturated heterocycles. The van der Waals surface area contributed by atoms with Crippen LogP contribution in [0.5, 0.6) is 0 Å². The third kappa shape index (κ3) is 5.38. The van der Waals surface area contributed by atoms with Gasteiger partial charge in [-0.1, -0.05) is 36.8 Å². The summed E-state index contributed by atoms with van der Waals surface area (Å²) in [7, 11) is -3.42. The second-order valence-corrected chi connectivity index (χ2v) is 9.60. The molecule has 2 atom stereocenters. The van der Waals surface area contributed by atoms with Gasteiger partial charge < -0.3 is 16.4 Å². The van der Waals surface area contributed by atoms with Crippen molar-refractivity contribution >= 4 is 21.4 Å². The number of anilines is 1. The zero-order valence-corrected chi connectivity index (χ0v) is 17.7. The number of piperidine rings is 1. The van der Waals surface area contributed by atoms with E-state index >= 15 is 0 Å². The molecule has 0 spiro atoms. The molecule has 1 heterocycles. The second kappa shape index (κ2) is 9.28. The summed E-state index contributed by atoms with van der Waals surface area (Å²) in [5, 5.41) is 15.4. The number of carbonyl (C=O) groups excluding carboxylic acids is 1. The second-order valence-electron chi connectivity index (χ2n) is 7.62. The number of hydrogen-bond acceptors (Lipinski definition) is 6. The van der Waals surface area contributed by atoms with E-state index in [1.807, 2.05) is 24.3 Å². The van der Waals surface area contributed by atoms with E-state index in [0.29, 0.717) is 6.42 Å². The van der Waals surface area contributed by atoms with Crippen LogP contribution in [-0.4, -0.2) is 39.2 Å². The van der Waals surface area contributed by atoms with Gasteiger partial charge in [0.15, 0.2) is 9.84 Å². The van der Waals surface area contributed by atoms with E-state index in [-0.39, 0.29) is 22.5 Å². The number of benzene rings is 2. The van der Waals surface area contributed by atoms with Gasteiger partial charge in [-0.2, -0.15) is 5.26 Å². The lowest BCUT2D eigenvalue weighted by Gasteiger charge is -2.23. The Morgan fingerprint density at radius 2 is 1.93 bits per heavy atom. The number of nitrogen functional groups attached to an aromatic ring is 1. The molecule has 2 aromatic carbocycles. The number of amides is 1. The topological polar surface area (TPSA) is 125 Å². The minimum Gasteiger partial charge on any atom is -0.398 e. The fourth-order valence-electron chi connectivity index (χ4n) is 3.58. The number of hydrogen-bond donors (Lipinski definition) is 3. The van der Waals surface area contributed by atoms with Gasteiger partial charge >= 0.3 is 0 Å². The monoisotopic (exact) mass is 426 g/mol. The van der Waals surface area contributed by atoms with Gasteiger partial charge in [0, 0.05) is 12.7 Å². The van der Waals surface area contributed by atoms with Crippen LogP contribution in [-0.2, 0) is 21.1 Å². The Balaban J connectivity index is 1.69. The van der Waals surface area contributed by atoms with Crippen molar-refractivity contribution in [2.45, 2.75) is 42.7 Å². The van der Waals surface area contributed by atoms with Crippen LogP contribution in [0.4, 0.5) is 5.69 Å². The zero-order chi connectivity index (χ0) is 21.7. The van der Waals surface area contributed by atoms with Crippen molar-refractivity contribution in [3.8, 4) is 17.2 Å². The van der Waals surface area contributed by atoms with Gasteiger partial charge in [-0.3, -0.25) is 4.79 Å². The van der Waals surface area contributed by atoms with E-state index in [1.165, 1.54) is 0 Å². The third-order valence-corrected chi connectivity index (χ3v) is 6.39. The predicted octanol–water partition coefficient (Wildman–Crippen LogP) is 2.03. The molecule has 1 aliphatic heterocycles. The van der Waals surface area contributed by atoms with E-state index in [9.17, 15) is 18.5 Å². The van der Waals surface area contributed by atoms with Crippen molar-refractivity contribution in [1.29, 1.82) is 5.26 Å². The molecule has 1 aliphatic rings. The van der Waals surface area contributed by atoms with E-state index in [1.54, 1.807) is 18.2 Å². The Morgan fingerprint density at radius 1 is 1.23 bits per heavy atom. The first kappa shape index (κ1) is 21.8. The largest absolute Gasteiger partial charge is 0.398 e. The smallest absolute Gasteiger partial charge is 0.238 e. The van der Waals surface area contributed by atoms with Crippen molar-refractivity contribution in [3.05, 3.63) is 48.0 Å². The number of sulfone groups is 1. The Labute approximate surface area is 177 Å². The molecule has 0 aliphatic carbocycles. The predicted molar refractivity (Wildman–Crippen MR) is 116 cm³/mol. The number of nitrogens with two attached hydrogens (primary N) is 1. The number of nitrogens with zero attached hydrogens (tertiary/aromatic N) is 1. The van der Waals surface area contributed by atoms with Crippen LogP contribution >= 0.6 is 0 Å². The van der Waals surface area contributed by atoms with Crippen LogP contribution in [0.2, 0.25) is 0 Å². The summed E-state index contributed by atoms with van der Waals surface area (Å²) < 4.78 is 23.8. The number of rotatable bonds is 6. The zero-order valence-electron chi connectivity index (χ0n) is 16.9. The maximum atomic E-state index is 12.4. The average molecular weight is 427 g/mol. The van der Waals surface area contributed by atoms with Crippen molar-refractivity contribution in [3.63, 3.8) is 0 Å². The molecule has 1 amide bonds. The molecule has 7 nitrogen and oxygen atoms in total. The van der Waals surface area contributed by atoms with Crippen LogP contribution in [0.15, 0.2) is 47.4 Å². The van der Waals surface area contributed by atoms with Gasteiger partial charge in [-0.05, 0) is 48.2 Å². The molecule has 3 rings (SSSR count). The Kier molecular flexibility index (Phi) is 6.75. The minimum atomic E-state index is -3.42. The maximum absolute atomic E-state index is 12.4. The average Bonchev–Trinajstić information content (AvgIpc) is 2.74. The maximum Gasteiger partial charge on any atom is 0.238 e. The number of nitrogens with one attached hydrogen (secondary N) is 2. The van der Waals surface area contributed by atoms with Crippen molar-refractivity contribution in [1.82, 2.24) is 10.6 Å². The standard InChI is InChI=1S/C22H26N4O3S/c1-30(28,29)21-13-17(9-10-19(21)24)16-7-5-15(6-8-16)12-18(14-23)26-22(27)20-4-2-3-11-25-20/h5-10,13,18,20,25H,2-4,11-12,24H2,1H3,(H,26,27)/t18-,20-/m0/s1. The molecule has 0 bridgehead atoms. The van der Waals surface area contributed by atoms with E-state index < -0.39 is 15.9 Å². The first-order valence-electron chi connectivity index (χ1n) is 9.90. The van der Waals surface area contributed by atoms with Gasteiger partial charge in [-0.25, -0.2) is 8.42 Å². The molecule has 0 radical (unpaired) electrons. The van der Waals surface area contributed by atoms with Crippen LogP contribution in [0.3, 0.4) is 0 Å². The molecule has 8 heteroatoms. The van der Waals surface area contributed by atoms with Crippen LogP contribution in [0.1, 0.15) is 24.8 Å². The van der Waals surface area contributed by atoms with Crippen molar-refractivity contribution < 1.29 is 13.2 Å². The summed E-state index contributed by atoms with van der Waals surface area (Å²) in [6.45, 7) is 0.822.